The minimum atomic E-state index is -0.604. The van der Waals surface area contributed by atoms with Crippen LogP contribution in [0.3, 0.4) is 0 Å². The van der Waals surface area contributed by atoms with Gasteiger partial charge in [-0.2, -0.15) is 0 Å². The van der Waals surface area contributed by atoms with Crippen molar-refractivity contribution in [1.29, 1.82) is 0 Å². The van der Waals surface area contributed by atoms with Crippen LogP contribution in [0.2, 0.25) is 0 Å². The summed E-state index contributed by atoms with van der Waals surface area (Å²) in [7, 11) is 2.15. The smallest absolute Gasteiger partial charge is 0.274 e. The molecule has 0 atom stereocenters. The van der Waals surface area contributed by atoms with Crippen molar-refractivity contribution in [2.45, 2.75) is 19.3 Å². The van der Waals surface area contributed by atoms with Gasteiger partial charge in [-0.3, -0.25) is 14.8 Å². The lowest BCUT2D eigenvalue weighted by atomic mass is 9.95. The van der Waals surface area contributed by atoms with Gasteiger partial charge < -0.3 is 19.7 Å². The topological polar surface area (TPSA) is 91.9 Å². The zero-order valence-electron chi connectivity index (χ0n) is 20.5. The third kappa shape index (κ3) is 4.86. The summed E-state index contributed by atoms with van der Waals surface area (Å²) in [6.45, 7) is 6.33. The highest BCUT2D eigenvalue weighted by Crippen LogP contribution is 2.33. The molecule has 8 nitrogen and oxygen atoms in total. The Morgan fingerprint density at radius 1 is 1.06 bits per heavy atom. The van der Waals surface area contributed by atoms with E-state index in [9.17, 15) is 9.59 Å². The standard InChI is InChI=1S/C27H32FN5O3/c1-31-10-2-11-32(14-13-31)15-16-33-12-9-23-25(27(33)35)24-20(21(28)7-8-22(24)29-23)17-18-3-5-19(6-4-18)26(34)30-36/h3-8,29,36H,2,9-17H2,1H3,(H,30,34). The molecular weight excluding hydrogens is 461 g/mol. The number of likely N-dealkylation sites (N-methyl/N-ethyl adjacent to an activating group) is 1. The Morgan fingerprint density at radius 2 is 1.86 bits per heavy atom. The van der Waals surface area contributed by atoms with E-state index < -0.39 is 5.91 Å². The van der Waals surface area contributed by atoms with Crippen LogP contribution in [0.25, 0.3) is 10.9 Å². The van der Waals surface area contributed by atoms with Crippen molar-refractivity contribution >= 4 is 22.7 Å². The van der Waals surface area contributed by atoms with Gasteiger partial charge in [0.15, 0.2) is 0 Å². The molecule has 1 aromatic heterocycles. The lowest BCUT2D eigenvalue weighted by molar-refractivity contribution is 0.0704. The number of nitrogens with one attached hydrogen (secondary N) is 2. The average Bonchev–Trinajstić information content (AvgIpc) is 3.15. The predicted molar refractivity (Wildman–Crippen MR) is 135 cm³/mol. The molecule has 0 spiro atoms. The molecule has 0 bridgehead atoms. The molecule has 0 unspecified atom stereocenters. The molecule has 2 aliphatic heterocycles. The summed E-state index contributed by atoms with van der Waals surface area (Å²) in [6, 6.07) is 9.76. The second-order valence-corrected chi connectivity index (χ2v) is 9.78. The molecule has 0 aliphatic carbocycles. The summed E-state index contributed by atoms with van der Waals surface area (Å²) in [4.78, 5) is 35.3. The first-order valence-corrected chi connectivity index (χ1v) is 12.5. The van der Waals surface area contributed by atoms with Gasteiger partial charge in [-0.15, -0.1) is 0 Å². The quantitative estimate of drug-likeness (QED) is 0.363. The number of hydroxylamine groups is 1. The summed E-state index contributed by atoms with van der Waals surface area (Å²) >= 11 is 0. The lowest BCUT2D eigenvalue weighted by Crippen LogP contribution is -2.43. The molecule has 2 aliphatic rings. The SMILES string of the molecule is CN1CCCN(CCN2CCc3[nH]c4ccc(F)c(Cc5ccc(C(=O)NO)cc5)c4c3C2=O)CC1. The number of amides is 2. The minimum absolute atomic E-state index is 0.0451. The highest BCUT2D eigenvalue weighted by Gasteiger charge is 2.30. The highest BCUT2D eigenvalue weighted by molar-refractivity contribution is 6.10. The number of nitrogens with zero attached hydrogens (tertiary/aromatic N) is 3. The van der Waals surface area contributed by atoms with Crippen molar-refractivity contribution in [3.63, 3.8) is 0 Å². The van der Waals surface area contributed by atoms with Crippen LogP contribution in [0, 0.1) is 5.82 Å². The maximum absolute atomic E-state index is 15.2. The first-order chi connectivity index (χ1) is 17.4. The van der Waals surface area contributed by atoms with E-state index in [0.29, 0.717) is 41.6 Å². The molecule has 190 valence electrons. The molecular formula is C27H32FN5O3. The first-order valence-electron chi connectivity index (χ1n) is 12.5. The molecule has 3 N–H and O–H groups in total. The van der Waals surface area contributed by atoms with Crippen LogP contribution >= 0.6 is 0 Å². The molecule has 9 heteroatoms. The third-order valence-electron chi connectivity index (χ3n) is 7.42. The normalized spacial score (nSPS) is 17.3. The van der Waals surface area contributed by atoms with Crippen LogP contribution in [0.4, 0.5) is 4.39 Å². The van der Waals surface area contributed by atoms with Crippen molar-refractivity contribution in [2.75, 3.05) is 52.9 Å². The van der Waals surface area contributed by atoms with E-state index >= 15 is 4.39 Å². The second-order valence-electron chi connectivity index (χ2n) is 9.78. The van der Waals surface area contributed by atoms with Crippen molar-refractivity contribution < 1.29 is 19.2 Å². The van der Waals surface area contributed by atoms with Gasteiger partial charge >= 0.3 is 0 Å². The fourth-order valence-electron chi connectivity index (χ4n) is 5.33. The summed E-state index contributed by atoms with van der Waals surface area (Å²) in [6.07, 6.45) is 2.12. The first kappa shape index (κ1) is 24.4. The van der Waals surface area contributed by atoms with Gasteiger partial charge in [0.1, 0.15) is 5.82 Å². The molecule has 1 fully saturated rings. The molecule has 36 heavy (non-hydrogen) atoms. The lowest BCUT2D eigenvalue weighted by Gasteiger charge is -2.30. The van der Waals surface area contributed by atoms with E-state index in [-0.39, 0.29) is 18.1 Å². The molecule has 3 heterocycles. The fourth-order valence-corrected chi connectivity index (χ4v) is 5.33. The zero-order chi connectivity index (χ0) is 25.2. The van der Waals surface area contributed by atoms with Crippen LogP contribution in [0.15, 0.2) is 36.4 Å². The number of hydrogen-bond donors (Lipinski definition) is 3. The second kappa shape index (κ2) is 10.4. The van der Waals surface area contributed by atoms with E-state index in [4.69, 9.17) is 5.21 Å². The number of aromatic amines is 1. The van der Waals surface area contributed by atoms with Crippen molar-refractivity contribution in [3.05, 3.63) is 70.2 Å². The number of hydrogen-bond acceptors (Lipinski definition) is 5. The van der Waals surface area contributed by atoms with Gasteiger partial charge in [0.2, 0.25) is 0 Å². The summed E-state index contributed by atoms with van der Waals surface area (Å²) in [5.74, 6) is -1.01. The van der Waals surface area contributed by atoms with E-state index in [1.165, 1.54) is 6.07 Å². The minimum Gasteiger partial charge on any atom is -0.358 e. The van der Waals surface area contributed by atoms with E-state index in [1.54, 1.807) is 35.8 Å². The van der Waals surface area contributed by atoms with Crippen LogP contribution < -0.4 is 5.48 Å². The Bertz CT molecular complexity index is 1270. The third-order valence-corrected chi connectivity index (χ3v) is 7.42. The number of halogens is 1. The summed E-state index contributed by atoms with van der Waals surface area (Å²) in [5, 5.41) is 9.47. The van der Waals surface area contributed by atoms with Crippen molar-refractivity contribution in [3.8, 4) is 0 Å². The summed E-state index contributed by atoms with van der Waals surface area (Å²) < 4.78 is 15.2. The number of carbonyl (C=O) groups excluding carboxylic acids is 2. The maximum Gasteiger partial charge on any atom is 0.274 e. The van der Waals surface area contributed by atoms with E-state index in [2.05, 4.69) is 21.8 Å². The number of aromatic nitrogens is 1. The predicted octanol–water partition coefficient (Wildman–Crippen LogP) is 2.65. The van der Waals surface area contributed by atoms with E-state index in [1.807, 2.05) is 4.90 Å². The van der Waals surface area contributed by atoms with Crippen LogP contribution in [-0.2, 0) is 12.8 Å². The molecule has 0 radical (unpaired) electrons. The van der Waals surface area contributed by atoms with E-state index in [0.717, 1.165) is 55.9 Å². The van der Waals surface area contributed by atoms with Gasteiger partial charge in [0, 0.05) is 73.3 Å². The highest BCUT2D eigenvalue weighted by atomic mass is 19.1. The van der Waals surface area contributed by atoms with Gasteiger partial charge in [0.05, 0.1) is 5.56 Å². The van der Waals surface area contributed by atoms with Crippen molar-refractivity contribution in [1.82, 2.24) is 25.2 Å². The van der Waals surface area contributed by atoms with Gasteiger partial charge in [-0.1, -0.05) is 12.1 Å². The Kier molecular flexibility index (Phi) is 7.04. The average molecular weight is 494 g/mol. The van der Waals surface area contributed by atoms with Gasteiger partial charge in [-0.05, 0) is 56.4 Å². The molecule has 0 saturated carbocycles. The zero-order valence-corrected chi connectivity index (χ0v) is 20.5. The fraction of sp³-hybridized carbons (Fsp3) is 0.407. The maximum atomic E-state index is 15.2. The Labute approximate surface area is 209 Å². The molecule has 2 amide bonds. The Hall–Kier alpha value is -3.27. The number of carbonyl (C=O) groups is 2. The summed E-state index contributed by atoms with van der Waals surface area (Å²) in [5.41, 5.74) is 5.39. The molecule has 1 saturated heterocycles. The number of benzene rings is 2. The molecule has 2 aromatic carbocycles. The largest absolute Gasteiger partial charge is 0.358 e. The number of rotatable bonds is 6. The van der Waals surface area contributed by atoms with Crippen LogP contribution in [-0.4, -0.2) is 89.6 Å². The van der Waals surface area contributed by atoms with Gasteiger partial charge in [0.25, 0.3) is 11.8 Å². The van der Waals surface area contributed by atoms with Gasteiger partial charge in [-0.25, -0.2) is 9.87 Å². The number of fused-ring (bicyclic) bond motifs is 3. The molecule has 3 aromatic rings. The van der Waals surface area contributed by atoms with Crippen LogP contribution in [0.5, 0.6) is 0 Å². The molecule has 5 rings (SSSR count). The monoisotopic (exact) mass is 493 g/mol. The number of H-pyrrole nitrogens is 1. The Morgan fingerprint density at radius 3 is 2.64 bits per heavy atom. The van der Waals surface area contributed by atoms with Crippen LogP contribution in [0.1, 0.15) is 44.0 Å². The Balaban J connectivity index is 1.39. The van der Waals surface area contributed by atoms with Crippen molar-refractivity contribution in [2.24, 2.45) is 0 Å².